The van der Waals surface area contributed by atoms with E-state index >= 15 is 0 Å². The molecule has 3 saturated heterocycles. The number of phenolic OH excluding ortho intramolecular Hbond substituents is 2. The largest absolute Gasteiger partial charge is 0.508 e. The highest BCUT2D eigenvalue weighted by atomic mass is 16.8. The van der Waals surface area contributed by atoms with Crippen LogP contribution in [-0.2, 0) is 28.4 Å². The molecule has 0 spiro atoms. The zero-order valence-electron chi connectivity index (χ0n) is 30.4. The van der Waals surface area contributed by atoms with Crippen molar-refractivity contribution in [1.29, 1.82) is 0 Å². The number of aromatic hydroxyl groups is 2. The molecule has 0 saturated carbocycles. The van der Waals surface area contributed by atoms with E-state index in [1.165, 1.54) is 44.6 Å². The molecule has 2 aromatic carbocycles. The van der Waals surface area contributed by atoms with Gasteiger partial charge < -0.3 is 109 Å². The molecule has 13 N–H and O–H groups in total. The molecular formula is C35H48O22. The Bertz CT molecular complexity index is 1640. The molecule has 22 nitrogen and oxygen atoms in total. The van der Waals surface area contributed by atoms with Gasteiger partial charge in [-0.2, -0.15) is 0 Å². The average molecular weight is 821 g/mol. The monoisotopic (exact) mass is 820 g/mol. The Morgan fingerprint density at radius 2 is 1.04 bits per heavy atom. The van der Waals surface area contributed by atoms with E-state index in [1.807, 2.05) is 0 Å². The van der Waals surface area contributed by atoms with Crippen LogP contribution in [0.2, 0.25) is 0 Å². The van der Waals surface area contributed by atoms with Crippen molar-refractivity contribution in [2.45, 2.75) is 110 Å². The molecule has 3 fully saturated rings. The number of aliphatic hydroxyl groups is 11. The van der Waals surface area contributed by atoms with Crippen LogP contribution >= 0.6 is 0 Å². The lowest BCUT2D eigenvalue weighted by molar-refractivity contribution is -0.382. The van der Waals surface area contributed by atoms with Gasteiger partial charge in [0.1, 0.15) is 103 Å². The van der Waals surface area contributed by atoms with Crippen molar-refractivity contribution in [3.63, 3.8) is 0 Å². The van der Waals surface area contributed by atoms with Gasteiger partial charge in [0.25, 0.3) is 0 Å². The number of fused-ring (bicyclic) bond motifs is 1. The molecule has 0 amide bonds. The molecule has 2 aromatic rings. The van der Waals surface area contributed by atoms with Crippen molar-refractivity contribution < 1.29 is 109 Å². The lowest BCUT2D eigenvalue weighted by Gasteiger charge is -2.48. The first kappa shape index (κ1) is 43.3. The standard InChI is InChI=1S/C35H48O22/c1-49-14-5-11(3-4-13(14)40)29-32(22(42)20-15(50-2)6-12(39)7-16(20)51-29)57-35-28(48)25(45)31(19(10-38)54-35)56-34-27(47)24(44)30(18(9-37)53-34)55-33-26(46)23(43)21(41)17(8-36)52-33/h3-7,17-19,21-48H,8-10H2,1-2H3/t17-,18-,19-,21+,22-,23+,24-,25-,26-,27-,28-,29+,30-,31-,32-,33+,34+,35+/m1/s1. The number of ether oxygens (including phenoxy) is 9. The van der Waals surface area contributed by atoms with Crippen LogP contribution in [0.1, 0.15) is 23.3 Å². The second-order valence-electron chi connectivity index (χ2n) is 13.9. The van der Waals surface area contributed by atoms with Gasteiger partial charge in [-0.05, 0) is 17.7 Å². The summed E-state index contributed by atoms with van der Waals surface area (Å²) in [5.41, 5.74) is 0.323. The minimum Gasteiger partial charge on any atom is -0.508 e. The molecule has 22 heteroatoms. The first-order chi connectivity index (χ1) is 27.2. The van der Waals surface area contributed by atoms with E-state index in [0.717, 1.165) is 0 Å². The Kier molecular flexibility index (Phi) is 13.6. The Hall–Kier alpha value is -3.24. The number of phenols is 2. The van der Waals surface area contributed by atoms with Gasteiger partial charge in [0.2, 0.25) is 0 Å². The first-order valence-corrected chi connectivity index (χ1v) is 17.8. The third-order valence-corrected chi connectivity index (χ3v) is 10.4. The summed E-state index contributed by atoms with van der Waals surface area (Å²) in [6.45, 7) is -2.58. The number of benzene rings is 2. The second-order valence-corrected chi connectivity index (χ2v) is 13.9. The summed E-state index contributed by atoms with van der Waals surface area (Å²) in [6, 6.07) is 6.57. The number of hydrogen-bond donors (Lipinski definition) is 13. The first-order valence-electron chi connectivity index (χ1n) is 17.8. The lowest BCUT2D eigenvalue weighted by Crippen LogP contribution is -2.66. The molecule has 0 radical (unpaired) electrons. The number of hydrogen-bond acceptors (Lipinski definition) is 22. The van der Waals surface area contributed by atoms with Gasteiger partial charge in [0.05, 0.1) is 39.6 Å². The Morgan fingerprint density at radius 1 is 0.544 bits per heavy atom. The normalized spacial score (nSPS) is 40.9. The summed E-state index contributed by atoms with van der Waals surface area (Å²) in [7, 11) is 2.59. The molecular weight excluding hydrogens is 772 g/mol. The maximum Gasteiger partial charge on any atom is 0.187 e. The predicted octanol–water partition coefficient (Wildman–Crippen LogP) is -4.88. The molecule has 6 rings (SSSR count). The van der Waals surface area contributed by atoms with Crippen molar-refractivity contribution in [3.05, 3.63) is 41.5 Å². The molecule has 320 valence electrons. The summed E-state index contributed by atoms with van der Waals surface area (Å²) in [6.07, 6.45) is -31.2. The maximum absolute atomic E-state index is 11.7. The zero-order chi connectivity index (χ0) is 41.5. The number of methoxy groups -OCH3 is 2. The van der Waals surface area contributed by atoms with Gasteiger partial charge >= 0.3 is 0 Å². The number of aliphatic hydroxyl groups excluding tert-OH is 11. The van der Waals surface area contributed by atoms with Crippen molar-refractivity contribution in [2.24, 2.45) is 0 Å². The fourth-order valence-corrected chi connectivity index (χ4v) is 7.26. The Balaban J connectivity index is 1.20. The zero-order valence-corrected chi connectivity index (χ0v) is 30.4. The minimum atomic E-state index is -2.03. The van der Waals surface area contributed by atoms with Crippen molar-refractivity contribution >= 4 is 0 Å². The summed E-state index contributed by atoms with van der Waals surface area (Å²) in [4.78, 5) is 0. The summed E-state index contributed by atoms with van der Waals surface area (Å²) in [5.74, 6) is -0.441. The van der Waals surface area contributed by atoms with Crippen LogP contribution in [0.3, 0.4) is 0 Å². The summed E-state index contributed by atoms with van der Waals surface area (Å²) >= 11 is 0. The topological polar surface area (TPSA) is 346 Å². The molecule has 4 aliphatic rings. The van der Waals surface area contributed by atoms with Crippen LogP contribution < -0.4 is 14.2 Å². The van der Waals surface area contributed by atoms with E-state index in [2.05, 4.69) is 0 Å². The average Bonchev–Trinajstić information content (AvgIpc) is 3.20. The van der Waals surface area contributed by atoms with Crippen molar-refractivity contribution in [1.82, 2.24) is 0 Å². The Labute approximate surface area is 323 Å². The molecule has 0 aliphatic carbocycles. The van der Waals surface area contributed by atoms with Gasteiger partial charge in [-0.3, -0.25) is 0 Å². The molecule has 57 heavy (non-hydrogen) atoms. The molecule has 0 bridgehead atoms. The Morgan fingerprint density at radius 3 is 1.54 bits per heavy atom. The smallest absolute Gasteiger partial charge is 0.187 e. The van der Waals surface area contributed by atoms with Crippen LogP contribution in [-0.4, -0.2) is 199 Å². The third-order valence-electron chi connectivity index (χ3n) is 10.4. The van der Waals surface area contributed by atoms with Crippen LogP contribution in [0, 0.1) is 0 Å². The maximum atomic E-state index is 11.7. The molecule has 0 aromatic heterocycles. The van der Waals surface area contributed by atoms with E-state index in [1.54, 1.807) is 0 Å². The fourth-order valence-electron chi connectivity index (χ4n) is 7.26. The lowest BCUT2D eigenvalue weighted by atomic mass is 9.90. The second kappa shape index (κ2) is 17.9. The quantitative estimate of drug-likeness (QED) is 0.0954. The van der Waals surface area contributed by atoms with Crippen molar-refractivity contribution in [2.75, 3.05) is 34.0 Å². The minimum absolute atomic E-state index is 0.00155. The summed E-state index contributed by atoms with van der Waals surface area (Å²) in [5, 5.41) is 138. The third kappa shape index (κ3) is 8.33. The van der Waals surface area contributed by atoms with Gasteiger partial charge in [0.15, 0.2) is 36.5 Å². The molecule has 18 atom stereocenters. The SMILES string of the molecule is COc1cc([C@@H]2Oc3cc(O)cc(OC)c3[C@@H](O)[C@H]2O[C@@H]2O[C@H](CO)[C@@H](O[C@@H]3O[C@H](CO)[C@@H](O[C@@H]4O[C@H](CO)[C@H](O)[C@H](O)[C@H]4O)[C@H](O)[C@H]3O)[C@H](O)[C@H]2O)ccc1O. The molecule has 4 aliphatic heterocycles. The van der Waals surface area contributed by atoms with Gasteiger partial charge in [0, 0.05) is 12.1 Å². The van der Waals surface area contributed by atoms with Crippen LogP contribution in [0.15, 0.2) is 30.3 Å². The van der Waals surface area contributed by atoms with Gasteiger partial charge in [-0.25, -0.2) is 0 Å². The fraction of sp³-hybridized carbons (Fsp3) is 0.657. The van der Waals surface area contributed by atoms with E-state index in [4.69, 9.17) is 42.6 Å². The van der Waals surface area contributed by atoms with E-state index in [9.17, 15) is 66.4 Å². The number of rotatable bonds is 12. The predicted molar refractivity (Wildman–Crippen MR) is 182 cm³/mol. The highest BCUT2D eigenvalue weighted by Crippen LogP contribution is 2.50. The molecule has 4 heterocycles. The van der Waals surface area contributed by atoms with Gasteiger partial charge in [-0.1, -0.05) is 6.07 Å². The van der Waals surface area contributed by atoms with Crippen LogP contribution in [0.25, 0.3) is 0 Å². The van der Waals surface area contributed by atoms with Crippen LogP contribution in [0.4, 0.5) is 0 Å². The highest BCUT2D eigenvalue weighted by Gasteiger charge is 2.55. The highest BCUT2D eigenvalue weighted by molar-refractivity contribution is 5.54. The van der Waals surface area contributed by atoms with E-state index in [-0.39, 0.29) is 39.9 Å². The van der Waals surface area contributed by atoms with Crippen LogP contribution in [0.5, 0.6) is 28.7 Å². The van der Waals surface area contributed by atoms with Crippen molar-refractivity contribution in [3.8, 4) is 28.7 Å². The molecule has 0 unspecified atom stereocenters. The van der Waals surface area contributed by atoms with E-state index in [0.29, 0.717) is 0 Å². The van der Waals surface area contributed by atoms with Gasteiger partial charge in [-0.15, -0.1) is 0 Å². The van der Waals surface area contributed by atoms with E-state index < -0.39 is 130 Å². The summed E-state index contributed by atoms with van der Waals surface area (Å²) < 4.78 is 50.9.